The number of nitrogens with zero attached hydrogens (tertiary/aromatic N) is 1. The number of benzene rings is 2. The van der Waals surface area contributed by atoms with Crippen molar-refractivity contribution >= 4 is 37.3 Å². The van der Waals surface area contributed by atoms with E-state index in [1.165, 1.54) is 13.1 Å². The summed E-state index contributed by atoms with van der Waals surface area (Å²) in [5.41, 5.74) is 3.10. The van der Waals surface area contributed by atoms with Gasteiger partial charge in [0.25, 0.3) is 0 Å². The fourth-order valence-corrected chi connectivity index (χ4v) is 4.70. The van der Waals surface area contributed by atoms with Crippen LogP contribution in [0.3, 0.4) is 0 Å². The molecule has 0 atom stereocenters. The van der Waals surface area contributed by atoms with Crippen LogP contribution in [0.4, 0.5) is 11.4 Å². The summed E-state index contributed by atoms with van der Waals surface area (Å²) in [6.07, 6.45) is 0.999. The van der Waals surface area contributed by atoms with Crippen molar-refractivity contribution in [1.82, 2.24) is 4.72 Å². The molecule has 164 valence electrons. The SMILES string of the molecule is Cc1ccc(NC(=O)CCNS(=O)(=O)c2cc(N(C)S(C)(=O)=O)c(C)cc2C)cc1. The van der Waals surface area contributed by atoms with E-state index in [1.54, 1.807) is 32.0 Å². The number of carbonyl (C=O) groups excluding carboxylic acids is 1. The van der Waals surface area contributed by atoms with E-state index in [0.29, 0.717) is 16.8 Å². The highest BCUT2D eigenvalue weighted by Gasteiger charge is 2.22. The van der Waals surface area contributed by atoms with Crippen LogP contribution in [-0.2, 0) is 24.8 Å². The molecule has 0 heterocycles. The van der Waals surface area contributed by atoms with E-state index in [-0.39, 0.29) is 29.5 Å². The minimum absolute atomic E-state index is 0.0301. The molecule has 0 aromatic heterocycles. The number of anilines is 2. The number of carbonyl (C=O) groups is 1. The summed E-state index contributed by atoms with van der Waals surface area (Å²) < 4.78 is 52.7. The Balaban J connectivity index is 2.11. The lowest BCUT2D eigenvalue weighted by molar-refractivity contribution is -0.116. The Bertz CT molecular complexity index is 1140. The molecule has 8 nitrogen and oxygen atoms in total. The summed E-state index contributed by atoms with van der Waals surface area (Å²) >= 11 is 0. The van der Waals surface area contributed by atoms with Crippen LogP contribution >= 0.6 is 0 Å². The Morgan fingerprint density at radius 3 is 2.13 bits per heavy atom. The second kappa shape index (κ2) is 9.15. The molecule has 10 heteroatoms. The number of rotatable bonds is 8. The Labute approximate surface area is 178 Å². The third kappa shape index (κ3) is 6.04. The average molecular weight is 454 g/mol. The molecule has 0 saturated carbocycles. The number of aryl methyl sites for hydroxylation is 3. The molecule has 0 aliphatic heterocycles. The number of hydrogen-bond donors (Lipinski definition) is 2. The van der Waals surface area contributed by atoms with Crippen LogP contribution in [0.1, 0.15) is 23.1 Å². The van der Waals surface area contributed by atoms with Gasteiger partial charge < -0.3 is 5.32 Å². The van der Waals surface area contributed by atoms with Crippen LogP contribution in [0.5, 0.6) is 0 Å². The molecule has 0 bridgehead atoms. The van der Waals surface area contributed by atoms with Gasteiger partial charge in [-0.25, -0.2) is 21.6 Å². The summed E-state index contributed by atoms with van der Waals surface area (Å²) in [5, 5.41) is 2.71. The minimum atomic E-state index is -3.93. The number of amides is 1. The lowest BCUT2D eigenvalue weighted by Crippen LogP contribution is -2.29. The Morgan fingerprint density at radius 2 is 1.57 bits per heavy atom. The topological polar surface area (TPSA) is 113 Å². The molecule has 2 rings (SSSR count). The monoisotopic (exact) mass is 453 g/mol. The molecule has 0 aliphatic carbocycles. The summed E-state index contributed by atoms with van der Waals surface area (Å²) in [4.78, 5) is 12.0. The molecule has 0 aliphatic rings. The third-order valence-electron chi connectivity index (χ3n) is 4.60. The van der Waals surface area contributed by atoms with Crippen molar-refractivity contribution in [2.75, 3.05) is 29.5 Å². The maximum Gasteiger partial charge on any atom is 0.240 e. The van der Waals surface area contributed by atoms with Crippen molar-refractivity contribution < 1.29 is 21.6 Å². The normalized spacial score (nSPS) is 11.9. The van der Waals surface area contributed by atoms with E-state index >= 15 is 0 Å². The van der Waals surface area contributed by atoms with Crippen LogP contribution < -0.4 is 14.3 Å². The summed E-state index contributed by atoms with van der Waals surface area (Å²) in [6.45, 7) is 5.19. The second-order valence-electron chi connectivity index (χ2n) is 7.20. The van der Waals surface area contributed by atoms with Crippen molar-refractivity contribution in [2.24, 2.45) is 0 Å². The molecule has 1 amide bonds. The van der Waals surface area contributed by atoms with Crippen molar-refractivity contribution in [3.05, 3.63) is 53.1 Å². The predicted octanol–water partition coefficient (Wildman–Crippen LogP) is 2.31. The van der Waals surface area contributed by atoms with Gasteiger partial charge in [-0.2, -0.15) is 0 Å². The highest BCUT2D eigenvalue weighted by atomic mass is 32.2. The van der Waals surface area contributed by atoms with Gasteiger partial charge in [-0.15, -0.1) is 0 Å². The van der Waals surface area contributed by atoms with Crippen LogP contribution in [0, 0.1) is 20.8 Å². The van der Waals surface area contributed by atoms with Gasteiger partial charge >= 0.3 is 0 Å². The molecule has 2 N–H and O–H groups in total. The van der Waals surface area contributed by atoms with E-state index in [0.717, 1.165) is 16.1 Å². The van der Waals surface area contributed by atoms with Gasteiger partial charge in [-0.1, -0.05) is 23.8 Å². The first-order valence-electron chi connectivity index (χ1n) is 9.22. The molecule has 30 heavy (non-hydrogen) atoms. The minimum Gasteiger partial charge on any atom is -0.326 e. The zero-order valence-electron chi connectivity index (χ0n) is 17.7. The van der Waals surface area contributed by atoms with Gasteiger partial charge in [0.05, 0.1) is 16.8 Å². The molecule has 2 aromatic rings. The molecule has 0 fully saturated rings. The van der Waals surface area contributed by atoms with E-state index in [1.807, 2.05) is 19.1 Å². The quantitative estimate of drug-likeness (QED) is 0.637. The van der Waals surface area contributed by atoms with E-state index in [2.05, 4.69) is 10.0 Å². The molecule has 2 aromatic carbocycles. The Morgan fingerprint density at radius 1 is 0.967 bits per heavy atom. The van der Waals surface area contributed by atoms with Gasteiger partial charge in [-0.3, -0.25) is 9.10 Å². The second-order valence-corrected chi connectivity index (χ2v) is 10.9. The lowest BCUT2D eigenvalue weighted by atomic mass is 10.1. The number of sulfonamides is 2. The average Bonchev–Trinajstić information content (AvgIpc) is 2.62. The fourth-order valence-electron chi connectivity index (χ4n) is 2.87. The van der Waals surface area contributed by atoms with Crippen LogP contribution in [0.25, 0.3) is 0 Å². The van der Waals surface area contributed by atoms with Crippen molar-refractivity contribution in [3.8, 4) is 0 Å². The highest BCUT2D eigenvalue weighted by Crippen LogP contribution is 2.27. The summed E-state index contributed by atoms with van der Waals surface area (Å²) in [5.74, 6) is -0.320. The van der Waals surface area contributed by atoms with Crippen molar-refractivity contribution in [2.45, 2.75) is 32.1 Å². The smallest absolute Gasteiger partial charge is 0.240 e. The van der Waals surface area contributed by atoms with Gasteiger partial charge in [-0.05, 0) is 50.1 Å². The van der Waals surface area contributed by atoms with E-state index in [9.17, 15) is 21.6 Å². The van der Waals surface area contributed by atoms with E-state index < -0.39 is 20.0 Å². The van der Waals surface area contributed by atoms with Crippen LogP contribution in [0.2, 0.25) is 0 Å². The fraction of sp³-hybridized carbons (Fsp3) is 0.350. The summed E-state index contributed by atoms with van der Waals surface area (Å²) in [7, 11) is -6.12. The molecular weight excluding hydrogens is 426 g/mol. The maximum atomic E-state index is 12.8. The molecule has 0 spiro atoms. The standard InChI is InChI=1S/C20H27N3O5S2/c1-14-6-8-17(9-7-14)22-20(24)10-11-21-30(27,28)19-13-18(15(2)12-16(19)3)23(4)29(5,25)26/h6-9,12-13,21H,10-11H2,1-5H3,(H,22,24). The zero-order valence-corrected chi connectivity index (χ0v) is 19.3. The largest absolute Gasteiger partial charge is 0.326 e. The van der Waals surface area contributed by atoms with Gasteiger partial charge in [0.15, 0.2) is 0 Å². The first kappa shape index (κ1) is 23.8. The van der Waals surface area contributed by atoms with Gasteiger partial charge in [0, 0.05) is 25.7 Å². The molecule has 0 saturated heterocycles. The third-order valence-corrected chi connectivity index (χ3v) is 7.39. The summed E-state index contributed by atoms with van der Waals surface area (Å²) in [6, 6.07) is 10.2. The first-order valence-corrected chi connectivity index (χ1v) is 12.6. The van der Waals surface area contributed by atoms with Crippen molar-refractivity contribution in [1.29, 1.82) is 0 Å². The predicted molar refractivity (Wildman–Crippen MR) is 119 cm³/mol. The molecule has 0 unspecified atom stereocenters. The zero-order chi connectivity index (χ0) is 22.7. The van der Waals surface area contributed by atoms with Gasteiger partial charge in [0.2, 0.25) is 26.0 Å². The number of hydrogen-bond acceptors (Lipinski definition) is 5. The van der Waals surface area contributed by atoms with E-state index in [4.69, 9.17) is 0 Å². The van der Waals surface area contributed by atoms with Crippen molar-refractivity contribution in [3.63, 3.8) is 0 Å². The lowest BCUT2D eigenvalue weighted by Gasteiger charge is -2.21. The van der Waals surface area contributed by atoms with Gasteiger partial charge in [0.1, 0.15) is 0 Å². The first-order chi connectivity index (χ1) is 13.8. The Hall–Kier alpha value is -2.43. The highest BCUT2D eigenvalue weighted by molar-refractivity contribution is 7.92. The maximum absolute atomic E-state index is 12.8. The van der Waals surface area contributed by atoms with Crippen LogP contribution in [0.15, 0.2) is 41.3 Å². The Kier molecular flexibility index (Phi) is 7.27. The van der Waals surface area contributed by atoms with Crippen LogP contribution in [-0.4, -0.2) is 42.6 Å². The molecular formula is C20H27N3O5S2. The number of nitrogens with one attached hydrogen (secondary N) is 2. The molecule has 0 radical (unpaired) electrons.